The first-order valence-electron chi connectivity index (χ1n) is 8.84. The van der Waals surface area contributed by atoms with Gasteiger partial charge in [0.2, 0.25) is 5.91 Å². The lowest BCUT2D eigenvalue weighted by Crippen LogP contribution is -2.35. The van der Waals surface area contributed by atoms with E-state index >= 15 is 0 Å². The standard InChI is InChI=1S/C21H20BrN3O3S/c1-14-9-16(22)5-8-19(14)24-20(26)10-25(2)21(27)15-3-6-18(7-4-15)28-11-17-12-29-13-23-17/h3-9,12-13H,10-11H2,1-2H3,(H,24,26). The average molecular weight is 474 g/mol. The molecule has 0 fully saturated rings. The fourth-order valence-electron chi connectivity index (χ4n) is 2.62. The second-order valence-corrected chi connectivity index (χ2v) is 8.10. The highest BCUT2D eigenvalue weighted by atomic mass is 79.9. The van der Waals surface area contributed by atoms with Crippen LogP contribution in [-0.4, -0.2) is 35.3 Å². The van der Waals surface area contributed by atoms with Gasteiger partial charge >= 0.3 is 0 Å². The molecule has 0 atom stereocenters. The zero-order valence-electron chi connectivity index (χ0n) is 16.0. The first-order chi connectivity index (χ1) is 13.9. The number of aryl methyl sites for hydroxylation is 1. The fraction of sp³-hybridized carbons (Fsp3) is 0.190. The Hall–Kier alpha value is -2.71. The summed E-state index contributed by atoms with van der Waals surface area (Å²) < 4.78 is 6.59. The van der Waals surface area contributed by atoms with Crippen molar-refractivity contribution in [1.82, 2.24) is 9.88 Å². The van der Waals surface area contributed by atoms with Crippen molar-refractivity contribution in [3.8, 4) is 5.75 Å². The number of carbonyl (C=O) groups excluding carboxylic acids is 2. The molecule has 0 saturated heterocycles. The Bertz CT molecular complexity index is 991. The molecule has 1 heterocycles. The van der Waals surface area contributed by atoms with Crippen LogP contribution in [0.15, 0.2) is 57.8 Å². The van der Waals surface area contributed by atoms with Crippen molar-refractivity contribution in [3.63, 3.8) is 0 Å². The third-order valence-electron chi connectivity index (χ3n) is 4.16. The normalized spacial score (nSPS) is 10.4. The van der Waals surface area contributed by atoms with Gasteiger partial charge in [0.1, 0.15) is 12.4 Å². The predicted octanol–water partition coefficient (Wildman–Crippen LogP) is 4.50. The number of carbonyl (C=O) groups is 2. The van der Waals surface area contributed by atoms with Gasteiger partial charge in [-0.05, 0) is 55.0 Å². The largest absolute Gasteiger partial charge is 0.487 e. The van der Waals surface area contributed by atoms with E-state index < -0.39 is 0 Å². The molecule has 3 rings (SSSR count). The molecule has 0 unspecified atom stereocenters. The first kappa shape index (κ1) is 21.0. The van der Waals surface area contributed by atoms with Crippen LogP contribution in [0.4, 0.5) is 5.69 Å². The Morgan fingerprint density at radius 1 is 1.21 bits per heavy atom. The zero-order chi connectivity index (χ0) is 20.8. The number of hydrogen-bond acceptors (Lipinski definition) is 5. The van der Waals surface area contributed by atoms with Gasteiger partial charge in [0.05, 0.1) is 17.7 Å². The second kappa shape index (κ2) is 9.67. The summed E-state index contributed by atoms with van der Waals surface area (Å²) in [5, 5.41) is 4.76. The summed E-state index contributed by atoms with van der Waals surface area (Å²) in [6.45, 7) is 2.25. The molecule has 8 heteroatoms. The topological polar surface area (TPSA) is 71.5 Å². The van der Waals surface area contributed by atoms with E-state index in [1.165, 1.54) is 16.2 Å². The number of anilines is 1. The molecule has 0 spiro atoms. The number of benzene rings is 2. The van der Waals surface area contributed by atoms with Crippen molar-refractivity contribution >= 4 is 44.8 Å². The molecule has 1 N–H and O–H groups in total. The summed E-state index contributed by atoms with van der Waals surface area (Å²) in [6, 6.07) is 12.4. The van der Waals surface area contributed by atoms with Crippen LogP contribution >= 0.6 is 27.3 Å². The minimum absolute atomic E-state index is 0.0452. The lowest BCUT2D eigenvalue weighted by Gasteiger charge is -2.17. The SMILES string of the molecule is Cc1cc(Br)ccc1NC(=O)CN(C)C(=O)c1ccc(OCc2cscn2)cc1. The van der Waals surface area contributed by atoms with Crippen LogP contribution in [0.1, 0.15) is 21.6 Å². The molecule has 0 aliphatic heterocycles. The van der Waals surface area contributed by atoms with Gasteiger partial charge in [0, 0.05) is 28.2 Å². The third kappa shape index (κ3) is 5.88. The molecule has 29 heavy (non-hydrogen) atoms. The Balaban J connectivity index is 1.54. The van der Waals surface area contributed by atoms with Crippen LogP contribution in [0, 0.1) is 6.92 Å². The van der Waals surface area contributed by atoms with E-state index in [0.29, 0.717) is 17.9 Å². The number of nitrogens with zero attached hydrogens (tertiary/aromatic N) is 2. The van der Waals surface area contributed by atoms with Crippen molar-refractivity contribution in [1.29, 1.82) is 0 Å². The van der Waals surface area contributed by atoms with E-state index in [-0.39, 0.29) is 18.4 Å². The van der Waals surface area contributed by atoms with Crippen molar-refractivity contribution in [3.05, 3.63) is 74.6 Å². The highest BCUT2D eigenvalue weighted by molar-refractivity contribution is 9.10. The van der Waals surface area contributed by atoms with E-state index in [9.17, 15) is 9.59 Å². The van der Waals surface area contributed by atoms with Gasteiger partial charge in [-0.2, -0.15) is 0 Å². The minimum Gasteiger partial charge on any atom is -0.487 e. The van der Waals surface area contributed by atoms with Gasteiger partial charge in [0.15, 0.2) is 0 Å². The van der Waals surface area contributed by atoms with Gasteiger partial charge in [0.25, 0.3) is 5.91 Å². The quantitative estimate of drug-likeness (QED) is 0.547. The van der Waals surface area contributed by atoms with Gasteiger partial charge in [-0.3, -0.25) is 9.59 Å². The molecule has 2 amide bonds. The average Bonchev–Trinajstić information content (AvgIpc) is 3.22. The number of likely N-dealkylation sites (N-methyl/N-ethyl adjacent to an activating group) is 1. The number of nitrogens with one attached hydrogen (secondary N) is 1. The van der Waals surface area contributed by atoms with Gasteiger partial charge in [-0.25, -0.2) is 4.98 Å². The minimum atomic E-state index is -0.255. The fourth-order valence-corrected chi connectivity index (χ4v) is 3.64. The van der Waals surface area contributed by atoms with Crippen molar-refractivity contribution < 1.29 is 14.3 Å². The Labute approximate surface area is 181 Å². The van der Waals surface area contributed by atoms with Crippen molar-refractivity contribution in [2.24, 2.45) is 0 Å². The summed E-state index contributed by atoms with van der Waals surface area (Å²) in [7, 11) is 1.60. The highest BCUT2D eigenvalue weighted by Gasteiger charge is 2.16. The van der Waals surface area contributed by atoms with Crippen LogP contribution in [-0.2, 0) is 11.4 Å². The Morgan fingerprint density at radius 3 is 2.62 bits per heavy atom. The Kier molecular flexibility index (Phi) is 7.00. The molecule has 0 radical (unpaired) electrons. The number of ether oxygens (including phenoxy) is 1. The highest BCUT2D eigenvalue weighted by Crippen LogP contribution is 2.20. The number of rotatable bonds is 7. The van der Waals surface area contributed by atoms with Crippen LogP contribution in [0.2, 0.25) is 0 Å². The first-order valence-corrected chi connectivity index (χ1v) is 10.6. The van der Waals surface area contributed by atoms with Crippen LogP contribution < -0.4 is 10.1 Å². The van der Waals surface area contributed by atoms with E-state index in [0.717, 1.165) is 21.4 Å². The lowest BCUT2D eigenvalue weighted by atomic mass is 10.2. The summed E-state index contributed by atoms with van der Waals surface area (Å²) in [4.78, 5) is 30.4. The Morgan fingerprint density at radius 2 is 1.97 bits per heavy atom. The van der Waals surface area contributed by atoms with Crippen LogP contribution in [0.5, 0.6) is 5.75 Å². The van der Waals surface area contributed by atoms with Crippen molar-refractivity contribution in [2.75, 3.05) is 18.9 Å². The molecule has 0 aliphatic carbocycles. The van der Waals surface area contributed by atoms with E-state index in [1.807, 2.05) is 30.5 Å². The van der Waals surface area contributed by atoms with Gasteiger partial charge < -0.3 is 15.0 Å². The smallest absolute Gasteiger partial charge is 0.254 e. The second-order valence-electron chi connectivity index (χ2n) is 6.46. The predicted molar refractivity (Wildman–Crippen MR) is 117 cm³/mol. The maximum Gasteiger partial charge on any atom is 0.254 e. The zero-order valence-corrected chi connectivity index (χ0v) is 18.4. The molecule has 1 aromatic heterocycles. The maximum atomic E-state index is 12.6. The molecule has 6 nitrogen and oxygen atoms in total. The lowest BCUT2D eigenvalue weighted by molar-refractivity contribution is -0.116. The summed E-state index contributed by atoms with van der Waals surface area (Å²) in [5.74, 6) is 0.161. The summed E-state index contributed by atoms with van der Waals surface area (Å²) in [6.07, 6.45) is 0. The number of aromatic nitrogens is 1. The molecular weight excluding hydrogens is 454 g/mol. The monoisotopic (exact) mass is 473 g/mol. The molecule has 3 aromatic rings. The third-order valence-corrected chi connectivity index (χ3v) is 5.29. The molecule has 150 valence electrons. The molecular formula is C21H20BrN3O3S. The van der Waals surface area contributed by atoms with Gasteiger partial charge in [-0.15, -0.1) is 11.3 Å². The molecule has 0 aliphatic rings. The van der Waals surface area contributed by atoms with Crippen LogP contribution in [0.3, 0.4) is 0 Å². The molecule has 2 aromatic carbocycles. The van der Waals surface area contributed by atoms with Crippen molar-refractivity contribution in [2.45, 2.75) is 13.5 Å². The molecule has 0 bridgehead atoms. The number of amides is 2. The van der Waals surface area contributed by atoms with E-state index in [4.69, 9.17) is 4.74 Å². The van der Waals surface area contributed by atoms with E-state index in [1.54, 1.807) is 36.8 Å². The molecule has 0 saturated carbocycles. The van der Waals surface area contributed by atoms with E-state index in [2.05, 4.69) is 26.2 Å². The summed E-state index contributed by atoms with van der Waals surface area (Å²) in [5.41, 5.74) is 4.77. The summed E-state index contributed by atoms with van der Waals surface area (Å²) >= 11 is 4.91. The number of thiazole rings is 1. The van der Waals surface area contributed by atoms with Gasteiger partial charge in [-0.1, -0.05) is 15.9 Å². The number of halogens is 1. The number of hydrogen-bond donors (Lipinski definition) is 1. The van der Waals surface area contributed by atoms with Crippen LogP contribution in [0.25, 0.3) is 0 Å². The maximum absolute atomic E-state index is 12.6.